The summed E-state index contributed by atoms with van der Waals surface area (Å²) in [5.74, 6) is -7.92. The molecule has 0 atom stereocenters. The van der Waals surface area contributed by atoms with Gasteiger partial charge in [0, 0.05) is 0 Å². The summed E-state index contributed by atoms with van der Waals surface area (Å²) in [6.07, 6.45) is -6.29. The molecule has 1 rings (SSSR count). The van der Waals surface area contributed by atoms with Gasteiger partial charge in [-0.05, 0) is 26.0 Å². The zero-order valence-electron chi connectivity index (χ0n) is 10.6. The standard InChI is InChI=1S/C12H12F5NO2/c1-7(2)20-9-6-4-3-5-8(9)18-10(19)11(13,14)12(15,16)17/h3-7H,1-2H3,(H,18,19). The lowest BCUT2D eigenvalue weighted by Crippen LogP contribution is -2.47. The van der Waals surface area contributed by atoms with Gasteiger partial charge in [0.1, 0.15) is 5.75 Å². The van der Waals surface area contributed by atoms with E-state index in [4.69, 9.17) is 4.74 Å². The Bertz CT molecular complexity index is 485. The lowest BCUT2D eigenvalue weighted by Gasteiger charge is -2.20. The molecule has 3 nitrogen and oxygen atoms in total. The Morgan fingerprint density at radius 2 is 1.70 bits per heavy atom. The minimum atomic E-state index is -5.95. The number of anilines is 1. The molecular formula is C12H12F5NO2. The number of alkyl halides is 5. The van der Waals surface area contributed by atoms with E-state index >= 15 is 0 Å². The van der Waals surface area contributed by atoms with Gasteiger partial charge in [0.2, 0.25) is 0 Å². The predicted octanol–water partition coefficient (Wildman–Crippen LogP) is 3.61. The van der Waals surface area contributed by atoms with Crippen LogP contribution in [0.5, 0.6) is 5.75 Å². The van der Waals surface area contributed by atoms with Gasteiger partial charge in [-0.2, -0.15) is 22.0 Å². The summed E-state index contributed by atoms with van der Waals surface area (Å²) >= 11 is 0. The first kappa shape index (κ1) is 16.2. The van der Waals surface area contributed by atoms with Gasteiger partial charge in [0.25, 0.3) is 0 Å². The summed E-state index contributed by atoms with van der Waals surface area (Å²) < 4.78 is 67.0. The fourth-order valence-corrected chi connectivity index (χ4v) is 1.26. The van der Waals surface area contributed by atoms with E-state index in [-0.39, 0.29) is 17.5 Å². The van der Waals surface area contributed by atoms with Crippen molar-refractivity contribution in [2.45, 2.75) is 32.1 Å². The fraction of sp³-hybridized carbons (Fsp3) is 0.417. The third-order valence-electron chi connectivity index (χ3n) is 2.14. The average Bonchev–Trinajstić information content (AvgIpc) is 2.29. The normalized spacial score (nSPS) is 12.4. The fourth-order valence-electron chi connectivity index (χ4n) is 1.26. The maximum absolute atomic E-state index is 12.8. The molecule has 0 heterocycles. The zero-order chi connectivity index (χ0) is 15.6. The van der Waals surface area contributed by atoms with Crippen LogP contribution in [-0.4, -0.2) is 24.1 Å². The Labute approximate surface area is 111 Å². The van der Waals surface area contributed by atoms with Crippen molar-refractivity contribution in [3.63, 3.8) is 0 Å². The van der Waals surface area contributed by atoms with Crippen molar-refractivity contribution in [2.24, 2.45) is 0 Å². The number of halogens is 5. The summed E-state index contributed by atoms with van der Waals surface area (Å²) in [6, 6.07) is 5.38. The Morgan fingerprint density at radius 1 is 1.15 bits per heavy atom. The average molecular weight is 297 g/mol. The van der Waals surface area contributed by atoms with Crippen molar-refractivity contribution in [1.82, 2.24) is 0 Å². The van der Waals surface area contributed by atoms with E-state index in [1.807, 2.05) is 0 Å². The number of rotatable bonds is 4. The Kier molecular flexibility index (Phi) is 4.57. The van der Waals surface area contributed by atoms with Crippen LogP contribution in [0.3, 0.4) is 0 Å². The zero-order valence-corrected chi connectivity index (χ0v) is 10.6. The molecule has 0 aliphatic carbocycles. The van der Waals surface area contributed by atoms with E-state index in [0.29, 0.717) is 0 Å². The molecule has 1 N–H and O–H groups in total. The molecule has 0 aromatic heterocycles. The molecule has 1 amide bonds. The molecule has 0 aliphatic heterocycles. The molecule has 0 saturated carbocycles. The second-order valence-electron chi connectivity index (χ2n) is 4.19. The van der Waals surface area contributed by atoms with Crippen LogP contribution in [0.2, 0.25) is 0 Å². The third kappa shape index (κ3) is 3.58. The van der Waals surface area contributed by atoms with Crippen molar-refractivity contribution >= 4 is 11.6 Å². The van der Waals surface area contributed by atoms with Gasteiger partial charge in [-0.15, -0.1) is 0 Å². The quantitative estimate of drug-likeness (QED) is 0.862. The van der Waals surface area contributed by atoms with Gasteiger partial charge >= 0.3 is 18.0 Å². The summed E-state index contributed by atoms with van der Waals surface area (Å²) in [7, 11) is 0. The summed E-state index contributed by atoms with van der Waals surface area (Å²) in [4.78, 5) is 11.1. The van der Waals surface area contributed by atoms with Crippen LogP contribution in [0.1, 0.15) is 13.8 Å². The molecular weight excluding hydrogens is 285 g/mol. The molecule has 0 aliphatic rings. The number of hydrogen-bond acceptors (Lipinski definition) is 2. The molecule has 1 aromatic rings. The number of carbonyl (C=O) groups is 1. The van der Waals surface area contributed by atoms with Crippen LogP contribution in [0.25, 0.3) is 0 Å². The second-order valence-corrected chi connectivity index (χ2v) is 4.19. The summed E-state index contributed by atoms with van der Waals surface area (Å²) in [5.41, 5.74) is -0.255. The Balaban J connectivity index is 2.97. The highest BCUT2D eigenvalue weighted by atomic mass is 19.4. The molecule has 0 saturated heterocycles. The van der Waals surface area contributed by atoms with Crippen molar-refractivity contribution in [3.8, 4) is 5.75 Å². The molecule has 1 aromatic carbocycles. The molecule has 0 fully saturated rings. The molecule has 0 unspecified atom stereocenters. The smallest absolute Gasteiger partial charge is 0.463 e. The number of ether oxygens (including phenoxy) is 1. The van der Waals surface area contributed by atoms with Gasteiger partial charge in [-0.25, -0.2) is 0 Å². The number of hydrogen-bond donors (Lipinski definition) is 1. The van der Waals surface area contributed by atoms with E-state index in [1.54, 1.807) is 13.8 Å². The summed E-state index contributed by atoms with van der Waals surface area (Å²) in [6.45, 7) is 3.28. The van der Waals surface area contributed by atoms with Crippen molar-refractivity contribution in [2.75, 3.05) is 5.32 Å². The number of amides is 1. The summed E-state index contributed by atoms with van der Waals surface area (Å²) in [5, 5.41) is 1.53. The lowest BCUT2D eigenvalue weighted by atomic mass is 10.2. The van der Waals surface area contributed by atoms with Gasteiger partial charge < -0.3 is 10.1 Å². The number of benzene rings is 1. The van der Waals surface area contributed by atoms with Crippen molar-refractivity contribution < 1.29 is 31.5 Å². The lowest BCUT2D eigenvalue weighted by molar-refractivity contribution is -0.267. The van der Waals surface area contributed by atoms with Gasteiger partial charge in [0.05, 0.1) is 11.8 Å². The maximum Gasteiger partial charge on any atom is 0.463 e. The third-order valence-corrected chi connectivity index (χ3v) is 2.14. The van der Waals surface area contributed by atoms with Crippen LogP contribution in [-0.2, 0) is 4.79 Å². The molecule has 0 bridgehead atoms. The van der Waals surface area contributed by atoms with E-state index in [0.717, 1.165) is 0 Å². The minimum absolute atomic E-state index is 0.00817. The van der Waals surface area contributed by atoms with Gasteiger partial charge in [0.15, 0.2) is 0 Å². The van der Waals surface area contributed by atoms with E-state index in [2.05, 4.69) is 0 Å². The maximum atomic E-state index is 12.8. The van der Waals surface area contributed by atoms with Crippen LogP contribution in [0, 0.1) is 0 Å². The topological polar surface area (TPSA) is 38.3 Å². The van der Waals surface area contributed by atoms with E-state index in [1.165, 1.54) is 29.6 Å². The SMILES string of the molecule is CC(C)Oc1ccccc1NC(=O)C(F)(F)C(F)(F)F. The van der Waals surface area contributed by atoms with Crippen LogP contribution < -0.4 is 10.1 Å². The highest BCUT2D eigenvalue weighted by Crippen LogP contribution is 2.37. The van der Waals surface area contributed by atoms with Crippen molar-refractivity contribution in [3.05, 3.63) is 24.3 Å². The van der Waals surface area contributed by atoms with Crippen LogP contribution in [0.4, 0.5) is 27.6 Å². The number of nitrogens with one attached hydrogen (secondary N) is 1. The minimum Gasteiger partial charge on any atom is -0.489 e. The van der Waals surface area contributed by atoms with E-state index < -0.39 is 18.0 Å². The first-order chi connectivity index (χ1) is 9.05. The monoisotopic (exact) mass is 297 g/mol. The van der Waals surface area contributed by atoms with Crippen LogP contribution in [0.15, 0.2) is 24.3 Å². The molecule has 8 heteroatoms. The molecule has 0 radical (unpaired) electrons. The largest absolute Gasteiger partial charge is 0.489 e. The highest BCUT2D eigenvalue weighted by molar-refractivity contribution is 5.97. The number of para-hydroxylation sites is 2. The van der Waals surface area contributed by atoms with Gasteiger partial charge in [-0.1, -0.05) is 12.1 Å². The van der Waals surface area contributed by atoms with Crippen LogP contribution >= 0.6 is 0 Å². The first-order valence-corrected chi connectivity index (χ1v) is 5.57. The second kappa shape index (κ2) is 5.64. The Hall–Kier alpha value is -1.86. The molecule has 0 spiro atoms. The van der Waals surface area contributed by atoms with Crippen molar-refractivity contribution in [1.29, 1.82) is 0 Å². The van der Waals surface area contributed by atoms with Gasteiger partial charge in [-0.3, -0.25) is 4.79 Å². The molecule has 20 heavy (non-hydrogen) atoms. The Morgan fingerprint density at radius 3 is 2.20 bits per heavy atom. The number of carbonyl (C=O) groups excluding carboxylic acids is 1. The molecule has 112 valence electrons. The highest BCUT2D eigenvalue weighted by Gasteiger charge is 2.63. The van der Waals surface area contributed by atoms with E-state index in [9.17, 15) is 26.7 Å². The predicted molar refractivity (Wildman–Crippen MR) is 61.8 cm³/mol. The first-order valence-electron chi connectivity index (χ1n) is 5.57.